The Morgan fingerprint density at radius 3 is 2.89 bits per heavy atom. The summed E-state index contributed by atoms with van der Waals surface area (Å²) in [7, 11) is 0. The third-order valence-electron chi connectivity index (χ3n) is 3.46. The number of hydrogen-bond donors (Lipinski definition) is 1. The van der Waals surface area contributed by atoms with Crippen LogP contribution in [0.4, 0.5) is 8.78 Å². The van der Waals surface area contributed by atoms with Crippen LogP contribution in [0.3, 0.4) is 0 Å². The first-order chi connectivity index (χ1) is 8.63. The highest BCUT2D eigenvalue weighted by molar-refractivity contribution is 5.88. The third-order valence-corrected chi connectivity index (χ3v) is 3.46. The van der Waals surface area contributed by atoms with E-state index in [1.807, 2.05) is 0 Å². The van der Waals surface area contributed by atoms with Crippen LogP contribution in [0.1, 0.15) is 18.4 Å². The number of nitrogens with zero attached hydrogens (tertiary/aromatic N) is 1. The van der Waals surface area contributed by atoms with Crippen molar-refractivity contribution in [2.75, 3.05) is 0 Å². The molecule has 1 saturated heterocycles. The van der Waals surface area contributed by atoms with Crippen LogP contribution in [0.25, 0.3) is 0 Å². The van der Waals surface area contributed by atoms with E-state index >= 15 is 0 Å². The molecule has 3 nitrogen and oxygen atoms in total. The predicted octanol–water partition coefficient (Wildman–Crippen LogP) is 1.79. The molecule has 2 heterocycles. The number of aryl methyl sites for hydroxylation is 1. The van der Waals surface area contributed by atoms with Gasteiger partial charge in [-0.15, -0.1) is 0 Å². The van der Waals surface area contributed by atoms with Gasteiger partial charge >= 0.3 is 0 Å². The van der Waals surface area contributed by atoms with Crippen LogP contribution in [0.2, 0.25) is 0 Å². The SMILES string of the molecule is NC1=N[C@@H](CCc2ccc(F)c(F)c2)CC2OC12. The largest absolute Gasteiger partial charge is 0.385 e. The minimum Gasteiger partial charge on any atom is -0.385 e. The molecule has 3 rings (SSSR count). The van der Waals surface area contributed by atoms with Crippen molar-refractivity contribution in [1.29, 1.82) is 0 Å². The summed E-state index contributed by atoms with van der Waals surface area (Å²) < 4.78 is 31.1. The standard InChI is InChI=1S/C13H14F2N2O/c14-9-4-2-7(5-10(9)15)1-3-8-6-11-12(18-11)13(16)17-8/h2,4-5,8,11-12H,1,3,6H2,(H2,16,17)/t8-,11?,12?/m0/s1. The van der Waals surface area contributed by atoms with Gasteiger partial charge in [-0.1, -0.05) is 6.07 Å². The first kappa shape index (κ1) is 11.6. The number of halogens is 2. The maximum atomic E-state index is 13.0. The zero-order chi connectivity index (χ0) is 12.7. The van der Waals surface area contributed by atoms with Gasteiger partial charge in [0.25, 0.3) is 0 Å². The third kappa shape index (κ3) is 2.22. The van der Waals surface area contributed by atoms with E-state index in [1.165, 1.54) is 6.07 Å². The van der Waals surface area contributed by atoms with Crippen LogP contribution in [0.5, 0.6) is 0 Å². The lowest BCUT2D eigenvalue weighted by Crippen LogP contribution is -2.29. The molecule has 3 atom stereocenters. The van der Waals surface area contributed by atoms with Gasteiger partial charge in [0.15, 0.2) is 11.6 Å². The Kier molecular flexibility index (Phi) is 2.78. The second-order valence-corrected chi connectivity index (χ2v) is 4.83. The Labute approximate surface area is 104 Å². The van der Waals surface area contributed by atoms with Crippen molar-refractivity contribution in [2.45, 2.75) is 37.5 Å². The number of nitrogens with two attached hydrogens (primary N) is 1. The van der Waals surface area contributed by atoms with Gasteiger partial charge in [0, 0.05) is 0 Å². The van der Waals surface area contributed by atoms with E-state index in [0.717, 1.165) is 24.5 Å². The molecule has 1 aromatic carbocycles. The maximum absolute atomic E-state index is 13.0. The van der Waals surface area contributed by atoms with Crippen molar-refractivity contribution < 1.29 is 13.5 Å². The van der Waals surface area contributed by atoms with E-state index in [-0.39, 0.29) is 18.2 Å². The van der Waals surface area contributed by atoms with Crippen LogP contribution >= 0.6 is 0 Å². The molecule has 1 fully saturated rings. The Balaban J connectivity index is 1.61. The van der Waals surface area contributed by atoms with Crippen molar-refractivity contribution in [3.8, 4) is 0 Å². The number of epoxide rings is 1. The van der Waals surface area contributed by atoms with Gasteiger partial charge in [-0.05, 0) is 37.0 Å². The Hall–Kier alpha value is -1.49. The lowest BCUT2D eigenvalue weighted by atomic mass is 9.99. The van der Waals surface area contributed by atoms with Gasteiger partial charge in [-0.2, -0.15) is 0 Å². The monoisotopic (exact) mass is 252 g/mol. The van der Waals surface area contributed by atoms with Gasteiger partial charge in [-0.25, -0.2) is 8.78 Å². The molecule has 0 aliphatic carbocycles. The molecule has 1 aromatic rings. The Bertz CT molecular complexity index is 504. The molecular formula is C13H14F2N2O. The lowest BCUT2D eigenvalue weighted by molar-refractivity contribution is 0.374. The molecule has 0 aromatic heterocycles. The van der Waals surface area contributed by atoms with Gasteiger partial charge < -0.3 is 10.5 Å². The number of rotatable bonds is 3. The first-order valence-electron chi connectivity index (χ1n) is 6.06. The number of fused-ring (bicyclic) bond motifs is 1. The van der Waals surface area contributed by atoms with Gasteiger partial charge in [0.2, 0.25) is 0 Å². The molecule has 0 radical (unpaired) electrons. The fourth-order valence-electron chi connectivity index (χ4n) is 2.40. The molecule has 18 heavy (non-hydrogen) atoms. The fourth-order valence-corrected chi connectivity index (χ4v) is 2.40. The number of benzene rings is 1. The zero-order valence-electron chi connectivity index (χ0n) is 9.77. The molecule has 96 valence electrons. The van der Waals surface area contributed by atoms with Crippen molar-refractivity contribution in [2.24, 2.45) is 10.7 Å². The molecule has 2 aliphatic rings. The van der Waals surface area contributed by atoms with Gasteiger partial charge in [0.05, 0.1) is 12.1 Å². The predicted molar refractivity (Wildman–Crippen MR) is 63.4 cm³/mol. The molecular weight excluding hydrogens is 238 g/mol. The smallest absolute Gasteiger partial charge is 0.159 e. The molecule has 5 heteroatoms. The summed E-state index contributed by atoms with van der Waals surface area (Å²) in [6.45, 7) is 0. The van der Waals surface area contributed by atoms with Crippen LogP contribution in [-0.2, 0) is 11.2 Å². The van der Waals surface area contributed by atoms with Crippen LogP contribution in [0, 0.1) is 11.6 Å². The topological polar surface area (TPSA) is 50.9 Å². The summed E-state index contributed by atoms with van der Waals surface area (Å²) in [5, 5.41) is 0. The average Bonchev–Trinajstić information content (AvgIpc) is 3.10. The second-order valence-electron chi connectivity index (χ2n) is 4.83. The highest BCUT2D eigenvalue weighted by atomic mass is 19.2. The van der Waals surface area contributed by atoms with Crippen LogP contribution in [-0.4, -0.2) is 24.1 Å². The summed E-state index contributed by atoms with van der Waals surface area (Å²) in [5.74, 6) is -1.04. The van der Waals surface area contributed by atoms with Gasteiger partial charge in [-0.3, -0.25) is 4.99 Å². The molecule has 0 bridgehead atoms. The second kappa shape index (κ2) is 4.31. The Morgan fingerprint density at radius 2 is 2.17 bits per heavy atom. The Morgan fingerprint density at radius 1 is 1.33 bits per heavy atom. The van der Waals surface area contributed by atoms with Crippen molar-refractivity contribution >= 4 is 5.84 Å². The molecule has 2 unspecified atom stereocenters. The number of aliphatic imine (C=N–C) groups is 1. The summed E-state index contributed by atoms with van der Waals surface area (Å²) >= 11 is 0. The lowest BCUT2D eigenvalue weighted by Gasteiger charge is -2.15. The van der Waals surface area contributed by atoms with E-state index < -0.39 is 11.6 Å². The van der Waals surface area contributed by atoms with Crippen molar-refractivity contribution in [3.05, 3.63) is 35.4 Å². The van der Waals surface area contributed by atoms with Crippen molar-refractivity contribution in [1.82, 2.24) is 0 Å². The minimum absolute atomic E-state index is 0.0320. The van der Waals surface area contributed by atoms with E-state index in [4.69, 9.17) is 10.5 Å². The van der Waals surface area contributed by atoms with E-state index in [1.54, 1.807) is 6.07 Å². The van der Waals surface area contributed by atoms with Crippen LogP contribution < -0.4 is 5.73 Å². The van der Waals surface area contributed by atoms with Crippen molar-refractivity contribution in [3.63, 3.8) is 0 Å². The first-order valence-corrected chi connectivity index (χ1v) is 6.06. The average molecular weight is 252 g/mol. The summed E-state index contributed by atoms with van der Waals surface area (Å²) in [6.07, 6.45) is 2.56. The van der Waals surface area contributed by atoms with E-state index in [0.29, 0.717) is 12.3 Å². The molecule has 2 N–H and O–H groups in total. The van der Waals surface area contributed by atoms with Gasteiger partial charge in [0.1, 0.15) is 11.9 Å². The minimum atomic E-state index is -0.812. The molecule has 0 spiro atoms. The zero-order valence-corrected chi connectivity index (χ0v) is 9.77. The quantitative estimate of drug-likeness (QED) is 0.834. The van der Waals surface area contributed by atoms with E-state index in [9.17, 15) is 8.78 Å². The fraction of sp³-hybridized carbons (Fsp3) is 0.462. The summed E-state index contributed by atoms with van der Waals surface area (Å²) in [6, 6.07) is 4.12. The highest BCUT2D eigenvalue weighted by Crippen LogP contribution is 2.33. The summed E-state index contributed by atoms with van der Waals surface area (Å²) in [4.78, 5) is 4.36. The number of amidine groups is 1. The van der Waals surface area contributed by atoms with Crippen LogP contribution in [0.15, 0.2) is 23.2 Å². The molecule has 0 saturated carbocycles. The number of ether oxygens (including phenoxy) is 1. The normalized spacial score (nSPS) is 29.7. The molecule has 0 amide bonds. The summed E-state index contributed by atoms with van der Waals surface area (Å²) in [5.41, 5.74) is 6.52. The maximum Gasteiger partial charge on any atom is 0.159 e. The van der Waals surface area contributed by atoms with E-state index in [2.05, 4.69) is 4.99 Å². The highest BCUT2D eigenvalue weighted by Gasteiger charge is 2.46. The number of hydrogen-bond acceptors (Lipinski definition) is 3. The molecule has 2 aliphatic heterocycles.